The Bertz CT molecular complexity index is 641. The first-order valence-electron chi connectivity index (χ1n) is 9.09. The smallest absolute Gasteiger partial charge is 0.370 e. The molecule has 5 nitrogen and oxygen atoms in total. The number of rotatable bonds is 4. The Labute approximate surface area is 159 Å². The van der Waals surface area contributed by atoms with Crippen LogP contribution in [-0.4, -0.2) is 56.2 Å². The van der Waals surface area contributed by atoms with Crippen LogP contribution in [0.15, 0.2) is 29.3 Å². The second-order valence-corrected chi connectivity index (χ2v) is 7.58. The average molecular weight is 386 g/mol. The Hall–Kier alpha value is -1.80. The van der Waals surface area contributed by atoms with E-state index >= 15 is 0 Å². The third-order valence-electron chi connectivity index (χ3n) is 4.23. The van der Waals surface area contributed by atoms with E-state index in [1.807, 2.05) is 4.90 Å². The monoisotopic (exact) mass is 386 g/mol. The van der Waals surface area contributed by atoms with Crippen molar-refractivity contribution in [2.75, 3.05) is 39.8 Å². The van der Waals surface area contributed by atoms with E-state index in [1.165, 1.54) is 6.07 Å². The number of nitrogens with one attached hydrogen (secondary N) is 2. The number of ether oxygens (including phenoxy) is 1. The molecule has 1 aromatic carbocycles. The maximum Gasteiger partial charge on any atom is 0.416 e. The van der Waals surface area contributed by atoms with Gasteiger partial charge in [-0.1, -0.05) is 12.1 Å². The second-order valence-electron chi connectivity index (χ2n) is 7.58. The Kier molecular flexibility index (Phi) is 7.11. The van der Waals surface area contributed by atoms with E-state index in [9.17, 15) is 13.2 Å². The largest absolute Gasteiger partial charge is 0.416 e. The highest BCUT2D eigenvalue weighted by atomic mass is 19.4. The lowest BCUT2D eigenvalue weighted by Gasteiger charge is -2.35. The SMILES string of the molecule is CN=C(NCCNC(C)(C)C)N1CCOC(c2cccc(C(F)(F)F)c2)C1. The summed E-state index contributed by atoms with van der Waals surface area (Å²) in [5, 5.41) is 6.69. The van der Waals surface area contributed by atoms with Gasteiger partial charge in [0.2, 0.25) is 0 Å². The van der Waals surface area contributed by atoms with Crippen LogP contribution in [0, 0.1) is 0 Å². The molecule has 152 valence electrons. The van der Waals surface area contributed by atoms with E-state index in [4.69, 9.17) is 4.74 Å². The van der Waals surface area contributed by atoms with Gasteiger partial charge in [-0.15, -0.1) is 0 Å². The highest BCUT2D eigenvalue weighted by molar-refractivity contribution is 5.80. The number of nitrogens with zero attached hydrogens (tertiary/aromatic N) is 2. The molecule has 2 N–H and O–H groups in total. The maximum atomic E-state index is 13.0. The molecule has 0 aliphatic carbocycles. The lowest BCUT2D eigenvalue weighted by Crippen LogP contribution is -2.50. The van der Waals surface area contributed by atoms with Gasteiger partial charge in [0.25, 0.3) is 0 Å². The molecule has 1 fully saturated rings. The third-order valence-corrected chi connectivity index (χ3v) is 4.23. The minimum Gasteiger partial charge on any atom is -0.370 e. The van der Waals surface area contributed by atoms with Gasteiger partial charge in [0, 0.05) is 32.2 Å². The van der Waals surface area contributed by atoms with Crippen LogP contribution in [-0.2, 0) is 10.9 Å². The normalized spacial score (nSPS) is 19.3. The Morgan fingerprint density at radius 1 is 1.26 bits per heavy atom. The Morgan fingerprint density at radius 2 is 2.00 bits per heavy atom. The lowest BCUT2D eigenvalue weighted by molar-refractivity contribution is -0.137. The van der Waals surface area contributed by atoms with E-state index in [2.05, 4.69) is 36.4 Å². The predicted molar refractivity (Wildman–Crippen MR) is 101 cm³/mol. The molecule has 8 heteroatoms. The van der Waals surface area contributed by atoms with Gasteiger partial charge in [-0.25, -0.2) is 0 Å². The summed E-state index contributed by atoms with van der Waals surface area (Å²) in [6.45, 7) is 9.31. The molecule has 0 spiro atoms. The van der Waals surface area contributed by atoms with E-state index in [0.717, 1.165) is 24.6 Å². The van der Waals surface area contributed by atoms with Crippen molar-refractivity contribution >= 4 is 5.96 Å². The van der Waals surface area contributed by atoms with Crippen LogP contribution >= 0.6 is 0 Å². The summed E-state index contributed by atoms with van der Waals surface area (Å²) in [6.07, 6.45) is -4.78. The molecule has 0 amide bonds. The number of aliphatic imine (C=N–C) groups is 1. The standard InChI is InChI=1S/C19H29F3N4O/c1-18(2,3)25-9-8-24-17(23-4)26-10-11-27-16(13-26)14-6-5-7-15(12-14)19(20,21)22/h5-7,12,16,25H,8-11,13H2,1-4H3,(H,23,24). The zero-order chi connectivity index (χ0) is 20.1. The summed E-state index contributed by atoms with van der Waals surface area (Å²) in [6, 6.07) is 5.34. The van der Waals surface area contributed by atoms with Crippen LogP contribution in [0.3, 0.4) is 0 Å². The van der Waals surface area contributed by atoms with Crippen LogP contribution in [0.2, 0.25) is 0 Å². The van der Waals surface area contributed by atoms with Crippen LogP contribution in [0.5, 0.6) is 0 Å². The number of morpholine rings is 1. The minimum absolute atomic E-state index is 0.0404. The topological polar surface area (TPSA) is 48.9 Å². The highest BCUT2D eigenvalue weighted by Crippen LogP contribution is 2.32. The van der Waals surface area contributed by atoms with Gasteiger partial charge in [0.15, 0.2) is 5.96 Å². The number of alkyl halides is 3. The summed E-state index contributed by atoms with van der Waals surface area (Å²) >= 11 is 0. The fraction of sp³-hybridized carbons (Fsp3) is 0.632. The number of benzene rings is 1. The van der Waals surface area contributed by atoms with Crippen molar-refractivity contribution in [2.24, 2.45) is 4.99 Å². The molecule has 27 heavy (non-hydrogen) atoms. The maximum absolute atomic E-state index is 13.0. The second kappa shape index (κ2) is 8.93. The molecule has 1 aliphatic rings. The van der Waals surface area contributed by atoms with Crippen molar-refractivity contribution in [2.45, 2.75) is 38.6 Å². The van der Waals surface area contributed by atoms with Gasteiger partial charge < -0.3 is 20.3 Å². The lowest BCUT2D eigenvalue weighted by atomic mass is 10.0. The van der Waals surface area contributed by atoms with Crippen molar-refractivity contribution in [3.05, 3.63) is 35.4 Å². The van der Waals surface area contributed by atoms with Gasteiger partial charge in [0.1, 0.15) is 6.10 Å². The molecule has 0 radical (unpaired) electrons. The van der Waals surface area contributed by atoms with E-state index in [-0.39, 0.29) is 5.54 Å². The molecule has 1 aliphatic heterocycles. The van der Waals surface area contributed by atoms with Crippen LogP contribution in [0.4, 0.5) is 13.2 Å². The highest BCUT2D eigenvalue weighted by Gasteiger charge is 2.32. The molecule has 1 saturated heterocycles. The molecule has 1 atom stereocenters. The van der Waals surface area contributed by atoms with Crippen LogP contribution in [0.1, 0.15) is 38.0 Å². The van der Waals surface area contributed by atoms with Crippen molar-refractivity contribution < 1.29 is 17.9 Å². The first kappa shape index (κ1) is 21.5. The summed E-state index contributed by atoms with van der Waals surface area (Å²) in [5.41, 5.74) is -0.0884. The molecule has 2 rings (SSSR count). The van der Waals surface area contributed by atoms with Crippen molar-refractivity contribution in [3.63, 3.8) is 0 Å². The summed E-state index contributed by atoms with van der Waals surface area (Å²) in [7, 11) is 1.70. The van der Waals surface area contributed by atoms with Gasteiger partial charge in [-0.3, -0.25) is 4.99 Å². The van der Waals surface area contributed by atoms with Gasteiger partial charge in [-0.2, -0.15) is 13.2 Å². The number of guanidine groups is 1. The van der Waals surface area contributed by atoms with Gasteiger partial charge >= 0.3 is 6.18 Å². The molecule has 1 unspecified atom stereocenters. The molecule has 1 aromatic rings. The third kappa shape index (κ3) is 6.70. The van der Waals surface area contributed by atoms with Crippen molar-refractivity contribution in [1.29, 1.82) is 0 Å². The fourth-order valence-corrected chi connectivity index (χ4v) is 2.90. The van der Waals surface area contributed by atoms with Gasteiger partial charge in [0.05, 0.1) is 18.7 Å². The molecule has 0 saturated carbocycles. The van der Waals surface area contributed by atoms with Gasteiger partial charge in [-0.05, 0) is 38.5 Å². The number of hydrogen-bond donors (Lipinski definition) is 2. The summed E-state index contributed by atoms with van der Waals surface area (Å²) < 4.78 is 44.6. The quantitative estimate of drug-likeness (QED) is 0.474. The zero-order valence-electron chi connectivity index (χ0n) is 16.4. The Balaban J connectivity index is 1.98. The summed E-state index contributed by atoms with van der Waals surface area (Å²) in [5.74, 6) is 0.728. The predicted octanol–water partition coefficient (Wildman–Crippen LogP) is 3.04. The number of halogens is 3. The first-order chi connectivity index (χ1) is 12.6. The van der Waals surface area contributed by atoms with Crippen LogP contribution in [0.25, 0.3) is 0 Å². The molecule has 0 bridgehead atoms. The Morgan fingerprint density at radius 3 is 2.63 bits per heavy atom. The van der Waals surface area contributed by atoms with E-state index < -0.39 is 17.8 Å². The molecular formula is C19H29F3N4O. The summed E-state index contributed by atoms with van der Waals surface area (Å²) in [4.78, 5) is 6.32. The molecular weight excluding hydrogens is 357 g/mol. The van der Waals surface area contributed by atoms with Crippen LogP contribution < -0.4 is 10.6 Å². The fourth-order valence-electron chi connectivity index (χ4n) is 2.90. The number of hydrogen-bond acceptors (Lipinski definition) is 3. The first-order valence-corrected chi connectivity index (χ1v) is 9.09. The van der Waals surface area contributed by atoms with E-state index in [0.29, 0.717) is 31.8 Å². The van der Waals surface area contributed by atoms with Crippen molar-refractivity contribution in [1.82, 2.24) is 15.5 Å². The minimum atomic E-state index is -4.36. The van der Waals surface area contributed by atoms with E-state index in [1.54, 1.807) is 13.1 Å². The average Bonchev–Trinajstić information content (AvgIpc) is 2.60. The molecule has 0 aromatic heterocycles. The zero-order valence-corrected chi connectivity index (χ0v) is 16.4. The van der Waals surface area contributed by atoms with Crippen molar-refractivity contribution in [3.8, 4) is 0 Å². The molecule has 1 heterocycles.